The zero-order chi connectivity index (χ0) is 17.4. The molecule has 4 unspecified atom stereocenters. The van der Waals surface area contributed by atoms with Gasteiger partial charge >= 0.3 is 5.97 Å². The SMILES string of the molecule is CC(Oc1ccc(F)cc1Cl)C(=O)N1CC2CCCC2C1C(=O)O. The third kappa shape index (κ3) is 3.07. The third-order valence-electron chi connectivity index (χ3n) is 4.97. The van der Waals surface area contributed by atoms with Crippen molar-refractivity contribution in [1.82, 2.24) is 4.90 Å². The molecule has 3 rings (SSSR count). The van der Waals surface area contributed by atoms with Crippen molar-refractivity contribution in [2.45, 2.75) is 38.3 Å². The molecule has 1 heterocycles. The van der Waals surface area contributed by atoms with Gasteiger partial charge in [-0.2, -0.15) is 0 Å². The summed E-state index contributed by atoms with van der Waals surface area (Å²) in [5.41, 5.74) is 0. The van der Waals surface area contributed by atoms with Crippen LogP contribution in [0.25, 0.3) is 0 Å². The molecule has 1 aromatic carbocycles. The number of aliphatic carboxylic acids is 1. The van der Waals surface area contributed by atoms with Crippen LogP contribution in [0.3, 0.4) is 0 Å². The van der Waals surface area contributed by atoms with Crippen LogP contribution in [0.4, 0.5) is 4.39 Å². The fourth-order valence-electron chi connectivity index (χ4n) is 3.89. The highest BCUT2D eigenvalue weighted by atomic mass is 35.5. The monoisotopic (exact) mass is 355 g/mol. The van der Waals surface area contributed by atoms with Crippen LogP contribution in [0.15, 0.2) is 18.2 Å². The quantitative estimate of drug-likeness (QED) is 0.901. The summed E-state index contributed by atoms with van der Waals surface area (Å²) in [7, 11) is 0. The largest absolute Gasteiger partial charge is 0.480 e. The molecule has 130 valence electrons. The lowest BCUT2D eigenvalue weighted by molar-refractivity contribution is -0.152. The number of rotatable bonds is 4. The number of likely N-dealkylation sites (tertiary alicyclic amines) is 1. The van der Waals surface area contributed by atoms with Crippen molar-refractivity contribution in [3.8, 4) is 5.75 Å². The maximum absolute atomic E-state index is 13.1. The molecular formula is C17H19ClFNO4. The van der Waals surface area contributed by atoms with Gasteiger partial charge in [0, 0.05) is 6.54 Å². The first-order valence-electron chi connectivity index (χ1n) is 8.03. The molecule has 0 aromatic heterocycles. The molecule has 1 aliphatic heterocycles. The molecule has 7 heteroatoms. The molecule has 24 heavy (non-hydrogen) atoms. The Labute approximate surface area is 144 Å². The summed E-state index contributed by atoms with van der Waals surface area (Å²) in [6.07, 6.45) is 1.91. The number of fused-ring (bicyclic) bond motifs is 1. The molecule has 0 radical (unpaired) electrons. The predicted octanol–water partition coefficient (Wildman–Crippen LogP) is 2.96. The van der Waals surface area contributed by atoms with Crippen molar-refractivity contribution in [2.24, 2.45) is 11.8 Å². The van der Waals surface area contributed by atoms with Gasteiger partial charge in [-0.15, -0.1) is 0 Å². The van der Waals surface area contributed by atoms with Gasteiger partial charge in [-0.05, 0) is 49.8 Å². The molecule has 1 aromatic rings. The van der Waals surface area contributed by atoms with Crippen molar-refractivity contribution in [3.63, 3.8) is 0 Å². The smallest absolute Gasteiger partial charge is 0.326 e. The molecule has 4 atom stereocenters. The van der Waals surface area contributed by atoms with E-state index in [1.54, 1.807) is 6.92 Å². The number of carbonyl (C=O) groups is 2. The van der Waals surface area contributed by atoms with Crippen molar-refractivity contribution in [1.29, 1.82) is 0 Å². The molecule has 2 fully saturated rings. The second kappa shape index (κ2) is 6.59. The summed E-state index contributed by atoms with van der Waals surface area (Å²) >= 11 is 5.91. The Balaban J connectivity index is 1.74. The van der Waals surface area contributed by atoms with Gasteiger partial charge in [-0.1, -0.05) is 18.0 Å². The number of ether oxygens (including phenoxy) is 1. The van der Waals surface area contributed by atoms with Gasteiger partial charge in [0.15, 0.2) is 6.10 Å². The van der Waals surface area contributed by atoms with Crippen LogP contribution in [-0.2, 0) is 9.59 Å². The maximum atomic E-state index is 13.1. The number of carbonyl (C=O) groups excluding carboxylic acids is 1. The lowest BCUT2D eigenvalue weighted by Gasteiger charge is -2.27. The number of halogens is 2. The van der Waals surface area contributed by atoms with Gasteiger partial charge in [0.25, 0.3) is 5.91 Å². The van der Waals surface area contributed by atoms with Gasteiger partial charge in [-0.3, -0.25) is 4.79 Å². The highest BCUT2D eigenvalue weighted by Crippen LogP contribution is 2.42. The van der Waals surface area contributed by atoms with E-state index in [1.165, 1.54) is 17.0 Å². The molecule has 1 N–H and O–H groups in total. The molecule has 1 amide bonds. The van der Waals surface area contributed by atoms with E-state index in [2.05, 4.69) is 0 Å². The van der Waals surface area contributed by atoms with Crippen LogP contribution in [0.5, 0.6) is 5.75 Å². The summed E-state index contributed by atoms with van der Waals surface area (Å²) in [6.45, 7) is 2.00. The Morgan fingerprint density at radius 2 is 2.17 bits per heavy atom. The minimum absolute atomic E-state index is 0.0214. The van der Waals surface area contributed by atoms with Gasteiger partial charge in [0.2, 0.25) is 0 Å². The number of amides is 1. The van der Waals surface area contributed by atoms with Crippen molar-refractivity contribution < 1.29 is 23.8 Å². The summed E-state index contributed by atoms with van der Waals surface area (Å²) < 4.78 is 18.6. The van der Waals surface area contributed by atoms with Crippen molar-refractivity contribution >= 4 is 23.5 Å². The Bertz CT molecular complexity index is 668. The Morgan fingerprint density at radius 3 is 2.83 bits per heavy atom. The number of benzene rings is 1. The maximum Gasteiger partial charge on any atom is 0.326 e. The number of hydrogen-bond acceptors (Lipinski definition) is 3. The molecule has 2 aliphatic rings. The van der Waals surface area contributed by atoms with Crippen LogP contribution >= 0.6 is 11.6 Å². The van der Waals surface area contributed by atoms with E-state index in [-0.39, 0.29) is 28.5 Å². The molecular weight excluding hydrogens is 337 g/mol. The van der Waals surface area contributed by atoms with E-state index in [9.17, 15) is 19.1 Å². The normalized spacial score (nSPS) is 27.0. The standard InChI is InChI=1S/C17H19ClFNO4/c1-9(24-14-6-5-11(19)7-13(14)18)16(21)20-8-10-3-2-4-12(10)15(20)17(22)23/h5-7,9-10,12,15H,2-4,8H2,1H3,(H,22,23). The van der Waals surface area contributed by atoms with Crippen LogP contribution in [0, 0.1) is 17.7 Å². The van der Waals surface area contributed by atoms with E-state index in [0.29, 0.717) is 6.54 Å². The van der Waals surface area contributed by atoms with Crippen LogP contribution in [0.2, 0.25) is 5.02 Å². The summed E-state index contributed by atoms with van der Waals surface area (Å²) in [4.78, 5) is 25.7. The van der Waals surface area contributed by atoms with E-state index >= 15 is 0 Å². The Hall–Kier alpha value is -1.82. The number of carboxylic acids is 1. The van der Waals surface area contributed by atoms with Crippen molar-refractivity contribution in [3.05, 3.63) is 29.0 Å². The predicted molar refractivity (Wildman–Crippen MR) is 85.5 cm³/mol. The number of hydrogen-bond donors (Lipinski definition) is 1. The van der Waals surface area contributed by atoms with Gasteiger partial charge in [0.1, 0.15) is 17.6 Å². The highest BCUT2D eigenvalue weighted by Gasteiger charge is 2.50. The molecule has 1 saturated carbocycles. The fraction of sp³-hybridized carbons (Fsp3) is 0.529. The van der Waals surface area contributed by atoms with E-state index in [1.807, 2.05) is 0 Å². The molecule has 0 spiro atoms. The minimum atomic E-state index is -0.968. The average molecular weight is 356 g/mol. The second-order valence-corrected chi connectivity index (χ2v) is 6.87. The molecule has 5 nitrogen and oxygen atoms in total. The number of carboxylic acid groups (broad SMARTS) is 1. The zero-order valence-corrected chi connectivity index (χ0v) is 14.0. The van der Waals surface area contributed by atoms with Crippen LogP contribution < -0.4 is 4.74 Å². The van der Waals surface area contributed by atoms with Crippen molar-refractivity contribution in [2.75, 3.05) is 6.54 Å². The highest BCUT2D eigenvalue weighted by molar-refractivity contribution is 6.32. The van der Waals surface area contributed by atoms with Crippen LogP contribution in [0.1, 0.15) is 26.2 Å². The third-order valence-corrected chi connectivity index (χ3v) is 5.27. The molecule has 1 saturated heterocycles. The summed E-state index contributed by atoms with van der Waals surface area (Å²) in [6, 6.07) is 2.86. The van der Waals surface area contributed by atoms with Crippen LogP contribution in [-0.4, -0.2) is 40.6 Å². The lowest BCUT2D eigenvalue weighted by atomic mass is 9.94. The first-order chi connectivity index (χ1) is 11.4. The average Bonchev–Trinajstić information content (AvgIpc) is 3.09. The Kier molecular flexibility index (Phi) is 4.67. The topological polar surface area (TPSA) is 66.8 Å². The van der Waals surface area contributed by atoms with Gasteiger partial charge in [0.05, 0.1) is 5.02 Å². The zero-order valence-electron chi connectivity index (χ0n) is 13.2. The molecule has 1 aliphatic carbocycles. The van der Waals surface area contributed by atoms with E-state index < -0.39 is 23.9 Å². The van der Waals surface area contributed by atoms with E-state index in [0.717, 1.165) is 25.3 Å². The first kappa shape index (κ1) is 17.0. The summed E-state index contributed by atoms with van der Waals surface area (Å²) in [5, 5.41) is 9.60. The molecule has 0 bridgehead atoms. The van der Waals surface area contributed by atoms with E-state index in [4.69, 9.17) is 16.3 Å². The van der Waals surface area contributed by atoms with Gasteiger partial charge < -0.3 is 14.7 Å². The first-order valence-corrected chi connectivity index (χ1v) is 8.41. The fourth-order valence-corrected chi connectivity index (χ4v) is 4.11. The lowest BCUT2D eigenvalue weighted by Crippen LogP contribution is -2.48. The summed E-state index contributed by atoms with van der Waals surface area (Å²) in [5.74, 6) is -1.37. The minimum Gasteiger partial charge on any atom is -0.480 e. The number of nitrogens with zero attached hydrogens (tertiary/aromatic N) is 1. The van der Waals surface area contributed by atoms with Gasteiger partial charge in [-0.25, -0.2) is 9.18 Å². The Morgan fingerprint density at radius 1 is 1.42 bits per heavy atom. The second-order valence-electron chi connectivity index (χ2n) is 6.46.